The Bertz CT molecular complexity index is 450. The van der Waals surface area contributed by atoms with Crippen molar-refractivity contribution in [2.75, 3.05) is 6.61 Å². The first-order chi connectivity index (χ1) is 7.79. The summed E-state index contributed by atoms with van der Waals surface area (Å²) in [7, 11) is 0. The molecule has 16 heavy (non-hydrogen) atoms. The number of benzene rings is 1. The summed E-state index contributed by atoms with van der Waals surface area (Å²) in [6.07, 6.45) is 3.13. The molecular weight excluding hydrogens is 207 g/mol. The molecule has 2 N–H and O–H groups in total. The van der Waals surface area contributed by atoms with E-state index in [1.165, 1.54) is 12.1 Å². The van der Waals surface area contributed by atoms with Crippen molar-refractivity contribution in [3.63, 3.8) is 0 Å². The molecule has 3 nitrogen and oxygen atoms in total. The molecule has 0 aliphatic rings. The molecule has 0 radical (unpaired) electrons. The molecule has 0 amide bonds. The van der Waals surface area contributed by atoms with Gasteiger partial charge in [-0.1, -0.05) is 0 Å². The minimum Gasteiger partial charge on any atom is -0.396 e. The van der Waals surface area contributed by atoms with Gasteiger partial charge in [0.2, 0.25) is 0 Å². The summed E-state index contributed by atoms with van der Waals surface area (Å²) >= 11 is 0. The summed E-state index contributed by atoms with van der Waals surface area (Å²) in [5.41, 5.74) is 1.78. The van der Waals surface area contributed by atoms with Gasteiger partial charge >= 0.3 is 0 Å². The summed E-state index contributed by atoms with van der Waals surface area (Å²) < 4.78 is 12.7. The number of aromatic nitrogens is 2. The maximum Gasteiger partial charge on any atom is 0.123 e. The number of aryl methyl sites for hydroxylation is 1. The van der Waals surface area contributed by atoms with Crippen LogP contribution in [-0.2, 0) is 6.42 Å². The SMILES string of the molecule is OCCCc1ncc(-c2ccc(F)cc2)[nH]1. The van der Waals surface area contributed by atoms with Gasteiger partial charge in [0.25, 0.3) is 0 Å². The lowest BCUT2D eigenvalue weighted by Gasteiger charge is -1.97. The predicted octanol–water partition coefficient (Wildman–Crippen LogP) is 2.14. The first-order valence-electron chi connectivity index (χ1n) is 5.20. The van der Waals surface area contributed by atoms with Crippen LogP contribution in [0.25, 0.3) is 11.3 Å². The van der Waals surface area contributed by atoms with Gasteiger partial charge in [-0.15, -0.1) is 0 Å². The van der Waals surface area contributed by atoms with E-state index in [-0.39, 0.29) is 12.4 Å². The first-order valence-corrected chi connectivity index (χ1v) is 5.20. The molecule has 1 aromatic heterocycles. The van der Waals surface area contributed by atoms with E-state index in [1.54, 1.807) is 18.3 Å². The molecule has 0 atom stereocenters. The Kier molecular flexibility index (Phi) is 3.31. The molecule has 2 rings (SSSR count). The number of aliphatic hydroxyl groups is 1. The van der Waals surface area contributed by atoms with E-state index in [0.29, 0.717) is 6.42 Å². The van der Waals surface area contributed by atoms with E-state index in [2.05, 4.69) is 9.97 Å². The van der Waals surface area contributed by atoms with E-state index in [1.807, 2.05) is 0 Å². The first kappa shape index (κ1) is 10.8. The number of hydrogen-bond acceptors (Lipinski definition) is 2. The Morgan fingerprint density at radius 2 is 2.00 bits per heavy atom. The molecule has 0 aliphatic heterocycles. The van der Waals surface area contributed by atoms with Crippen molar-refractivity contribution < 1.29 is 9.50 Å². The lowest BCUT2D eigenvalue weighted by Crippen LogP contribution is -1.91. The van der Waals surface area contributed by atoms with Crippen molar-refractivity contribution in [1.82, 2.24) is 9.97 Å². The zero-order valence-corrected chi connectivity index (χ0v) is 8.78. The van der Waals surface area contributed by atoms with Gasteiger partial charge in [-0.05, 0) is 36.2 Å². The van der Waals surface area contributed by atoms with Crippen molar-refractivity contribution in [2.45, 2.75) is 12.8 Å². The molecule has 1 heterocycles. The molecular formula is C12H13FN2O. The summed E-state index contributed by atoms with van der Waals surface area (Å²) in [4.78, 5) is 7.33. The maximum absolute atomic E-state index is 12.7. The van der Waals surface area contributed by atoms with Gasteiger partial charge in [-0.2, -0.15) is 0 Å². The zero-order valence-electron chi connectivity index (χ0n) is 8.78. The molecule has 0 saturated heterocycles. The average molecular weight is 220 g/mol. The fourth-order valence-corrected chi connectivity index (χ4v) is 1.51. The number of imidazole rings is 1. The second kappa shape index (κ2) is 4.90. The van der Waals surface area contributed by atoms with Crippen LogP contribution in [0.3, 0.4) is 0 Å². The Hall–Kier alpha value is -1.68. The Morgan fingerprint density at radius 1 is 1.25 bits per heavy atom. The van der Waals surface area contributed by atoms with Gasteiger partial charge in [0.05, 0.1) is 11.9 Å². The van der Waals surface area contributed by atoms with Crippen molar-refractivity contribution in [1.29, 1.82) is 0 Å². The molecule has 0 aliphatic carbocycles. The van der Waals surface area contributed by atoms with Gasteiger partial charge in [0.15, 0.2) is 0 Å². The topological polar surface area (TPSA) is 48.9 Å². The minimum atomic E-state index is -0.247. The van der Waals surface area contributed by atoms with Crippen molar-refractivity contribution in [2.24, 2.45) is 0 Å². The highest BCUT2D eigenvalue weighted by Crippen LogP contribution is 2.17. The molecule has 0 bridgehead atoms. The van der Waals surface area contributed by atoms with E-state index in [4.69, 9.17) is 5.11 Å². The second-order valence-corrected chi connectivity index (χ2v) is 3.58. The number of rotatable bonds is 4. The molecule has 0 fully saturated rings. The minimum absolute atomic E-state index is 0.159. The molecule has 0 spiro atoms. The van der Waals surface area contributed by atoms with Crippen LogP contribution in [0.2, 0.25) is 0 Å². The van der Waals surface area contributed by atoms with E-state index in [9.17, 15) is 4.39 Å². The second-order valence-electron chi connectivity index (χ2n) is 3.58. The Morgan fingerprint density at radius 3 is 2.69 bits per heavy atom. The quantitative estimate of drug-likeness (QED) is 0.829. The number of nitrogens with zero attached hydrogens (tertiary/aromatic N) is 1. The van der Waals surface area contributed by atoms with Crippen molar-refractivity contribution >= 4 is 0 Å². The summed E-state index contributed by atoms with van der Waals surface area (Å²) in [5, 5.41) is 8.70. The third-order valence-corrected chi connectivity index (χ3v) is 2.36. The van der Waals surface area contributed by atoms with Crippen LogP contribution >= 0.6 is 0 Å². The molecule has 84 valence electrons. The van der Waals surface area contributed by atoms with Gasteiger partial charge in [0.1, 0.15) is 11.6 Å². The monoisotopic (exact) mass is 220 g/mol. The largest absolute Gasteiger partial charge is 0.396 e. The van der Waals surface area contributed by atoms with Crippen LogP contribution in [0.15, 0.2) is 30.5 Å². The zero-order chi connectivity index (χ0) is 11.4. The third kappa shape index (κ3) is 2.46. The highest BCUT2D eigenvalue weighted by atomic mass is 19.1. The summed E-state index contributed by atoms with van der Waals surface area (Å²) in [6, 6.07) is 6.25. The molecule has 2 aromatic rings. The van der Waals surface area contributed by atoms with Crippen LogP contribution in [-0.4, -0.2) is 21.7 Å². The van der Waals surface area contributed by atoms with Crippen LogP contribution in [0, 0.1) is 5.82 Å². The number of H-pyrrole nitrogens is 1. The fourth-order valence-electron chi connectivity index (χ4n) is 1.51. The van der Waals surface area contributed by atoms with Gasteiger partial charge in [0, 0.05) is 13.0 Å². The Balaban J connectivity index is 2.15. The number of aromatic amines is 1. The lowest BCUT2D eigenvalue weighted by atomic mass is 10.2. The third-order valence-electron chi connectivity index (χ3n) is 2.36. The standard InChI is InChI=1S/C12H13FN2O/c13-10-5-3-9(4-6-10)11-8-14-12(15-11)2-1-7-16/h3-6,8,16H,1-2,7H2,(H,14,15). The summed E-state index contributed by atoms with van der Waals surface area (Å²) in [5.74, 6) is 0.595. The van der Waals surface area contributed by atoms with Crippen LogP contribution < -0.4 is 0 Å². The van der Waals surface area contributed by atoms with Crippen LogP contribution in [0.1, 0.15) is 12.2 Å². The van der Waals surface area contributed by atoms with E-state index < -0.39 is 0 Å². The molecule has 0 unspecified atom stereocenters. The molecule has 1 aromatic carbocycles. The fraction of sp³-hybridized carbons (Fsp3) is 0.250. The van der Waals surface area contributed by atoms with Crippen molar-refractivity contribution in [3.05, 3.63) is 42.1 Å². The highest BCUT2D eigenvalue weighted by Gasteiger charge is 2.03. The number of aliphatic hydroxyl groups excluding tert-OH is 1. The maximum atomic E-state index is 12.7. The van der Waals surface area contributed by atoms with Crippen LogP contribution in [0.4, 0.5) is 4.39 Å². The molecule has 0 saturated carbocycles. The molecule has 4 heteroatoms. The average Bonchev–Trinajstić information content (AvgIpc) is 2.76. The van der Waals surface area contributed by atoms with Gasteiger partial charge < -0.3 is 10.1 Å². The smallest absolute Gasteiger partial charge is 0.123 e. The van der Waals surface area contributed by atoms with Crippen LogP contribution in [0.5, 0.6) is 0 Å². The highest BCUT2D eigenvalue weighted by molar-refractivity contribution is 5.58. The number of halogens is 1. The predicted molar refractivity (Wildman–Crippen MR) is 59.4 cm³/mol. The van der Waals surface area contributed by atoms with Crippen molar-refractivity contribution in [3.8, 4) is 11.3 Å². The number of hydrogen-bond donors (Lipinski definition) is 2. The lowest BCUT2D eigenvalue weighted by molar-refractivity contribution is 0.287. The van der Waals surface area contributed by atoms with Gasteiger partial charge in [-0.25, -0.2) is 9.37 Å². The van der Waals surface area contributed by atoms with Gasteiger partial charge in [-0.3, -0.25) is 0 Å². The number of nitrogens with one attached hydrogen (secondary N) is 1. The Labute approximate surface area is 93.0 Å². The van der Waals surface area contributed by atoms with E-state index >= 15 is 0 Å². The van der Waals surface area contributed by atoms with E-state index in [0.717, 1.165) is 23.5 Å². The normalized spacial score (nSPS) is 10.6. The summed E-state index contributed by atoms with van der Waals surface area (Å²) in [6.45, 7) is 0.159.